The zero-order valence-corrected chi connectivity index (χ0v) is 22.2. The van der Waals surface area contributed by atoms with E-state index >= 15 is 0 Å². The van der Waals surface area contributed by atoms with Gasteiger partial charge in [-0.15, -0.1) is 0 Å². The fraction of sp³-hybridized carbons (Fsp3) is 0.419. The summed E-state index contributed by atoms with van der Waals surface area (Å²) in [4.78, 5) is 0. The molecule has 3 aromatic rings. The van der Waals surface area contributed by atoms with Gasteiger partial charge in [-0.05, 0) is 65.0 Å². The lowest BCUT2D eigenvalue weighted by Crippen LogP contribution is -2.13. The lowest BCUT2D eigenvalue weighted by atomic mass is 9.82. The van der Waals surface area contributed by atoms with Crippen LogP contribution in [0.3, 0.4) is 0 Å². The highest BCUT2D eigenvalue weighted by Gasteiger charge is 2.24. The third-order valence-electron chi connectivity index (χ3n) is 6.80. The fourth-order valence-corrected chi connectivity index (χ4v) is 4.72. The highest BCUT2D eigenvalue weighted by atomic mass is 16.3. The average Bonchev–Trinajstić information content (AvgIpc) is 2.69. The van der Waals surface area contributed by atoms with E-state index in [0.717, 1.165) is 50.1 Å². The Hall–Kier alpha value is -2.94. The van der Waals surface area contributed by atoms with E-state index < -0.39 is 0 Å². The lowest BCUT2D eigenvalue weighted by Gasteiger charge is -2.24. The standard InChI is InChI=1S/C31H40O3/c1-18-14-21(16-23-19(2)10-12-25(28(23)33)30(4,5)6)27(32)22(15-18)17-24-20(3)11-13-26(29(24)34)31(7,8)9/h10-15,32-34H,16-17H2,1-9H3. The van der Waals surface area contributed by atoms with Crippen molar-refractivity contribution in [3.63, 3.8) is 0 Å². The first-order valence-electron chi connectivity index (χ1n) is 12.1. The second-order valence-electron chi connectivity index (χ2n) is 11.8. The third kappa shape index (κ3) is 5.09. The first-order chi connectivity index (χ1) is 15.6. The second kappa shape index (κ2) is 9.02. The minimum Gasteiger partial charge on any atom is -0.507 e. The largest absolute Gasteiger partial charge is 0.507 e. The van der Waals surface area contributed by atoms with Crippen molar-refractivity contribution >= 4 is 0 Å². The van der Waals surface area contributed by atoms with E-state index in [1.54, 1.807) is 0 Å². The van der Waals surface area contributed by atoms with Crippen LogP contribution in [-0.2, 0) is 23.7 Å². The molecule has 3 aromatic carbocycles. The van der Waals surface area contributed by atoms with E-state index in [1.165, 1.54) is 0 Å². The quantitative estimate of drug-likeness (QED) is 0.378. The number of aryl methyl sites for hydroxylation is 3. The molecular formula is C31H40O3. The molecule has 0 aliphatic heterocycles. The molecule has 3 heteroatoms. The average molecular weight is 461 g/mol. The van der Waals surface area contributed by atoms with Gasteiger partial charge in [0.1, 0.15) is 17.2 Å². The Balaban J connectivity index is 2.08. The fourth-order valence-electron chi connectivity index (χ4n) is 4.72. The zero-order chi connectivity index (χ0) is 25.6. The summed E-state index contributed by atoms with van der Waals surface area (Å²) in [5.74, 6) is 0.841. The maximum Gasteiger partial charge on any atom is 0.123 e. The van der Waals surface area contributed by atoms with Gasteiger partial charge in [-0.25, -0.2) is 0 Å². The van der Waals surface area contributed by atoms with Gasteiger partial charge in [0.25, 0.3) is 0 Å². The van der Waals surface area contributed by atoms with Gasteiger partial charge in [0.2, 0.25) is 0 Å². The van der Waals surface area contributed by atoms with Crippen LogP contribution in [0.25, 0.3) is 0 Å². The van der Waals surface area contributed by atoms with Gasteiger partial charge in [-0.2, -0.15) is 0 Å². The third-order valence-corrected chi connectivity index (χ3v) is 6.80. The summed E-state index contributed by atoms with van der Waals surface area (Å²) in [6.45, 7) is 18.5. The molecule has 3 N–H and O–H groups in total. The second-order valence-corrected chi connectivity index (χ2v) is 11.8. The Morgan fingerprint density at radius 3 is 1.24 bits per heavy atom. The van der Waals surface area contributed by atoms with Crippen molar-refractivity contribution in [3.8, 4) is 17.2 Å². The Bertz CT molecular complexity index is 1130. The minimum absolute atomic E-state index is 0.181. The summed E-state index contributed by atoms with van der Waals surface area (Å²) in [6, 6.07) is 12.0. The van der Waals surface area contributed by atoms with Gasteiger partial charge >= 0.3 is 0 Å². The van der Waals surface area contributed by atoms with Crippen LogP contribution in [0.4, 0.5) is 0 Å². The molecule has 0 fully saturated rings. The number of phenolic OH excluding ortho intramolecular Hbond substituents is 3. The molecule has 0 aromatic heterocycles. The molecule has 182 valence electrons. The Labute approximate surface area is 205 Å². The van der Waals surface area contributed by atoms with Crippen LogP contribution in [0.2, 0.25) is 0 Å². The summed E-state index contributed by atoms with van der Waals surface area (Å²) >= 11 is 0. The normalized spacial score (nSPS) is 12.3. The number of benzene rings is 3. The molecule has 34 heavy (non-hydrogen) atoms. The summed E-state index contributed by atoms with van der Waals surface area (Å²) in [5, 5.41) is 33.5. The molecule has 3 rings (SSSR count). The molecule has 0 saturated carbocycles. The number of phenols is 3. The number of hydrogen-bond donors (Lipinski definition) is 3. The predicted octanol–water partition coefficient (Wildman–Crippen LogP) is 7.51. The van der Waals surface area contributed by atoms with Crippen molar-refractivity contribution in [3.05, 3.63) is 86.5 Å². The molecule has 0 atom stereocenters. The highest BCUT2D eigenvalue weighted by molar-refractivity contribution is 5.56. The van der Waals surface area contributed by atoms with Gasteiger partial charge < -0.3 is 15.3 Å². The van der Waals surface area contributed by atoms with Crippen LogP contribution in [0, 0.1) is 20.8 Å². The first-order valence-corrected chi connectivity index (χ1v) is 12.1. The van der Waals surface area contributed by atoms with E-state index in [-0.39, 0.29) is 16.6 Å². The van der Waals surface area contributed by atoms with Crippen molar-refractivity contribution in [1.29, 1.82) is 0 Å². The van der Waals surface area contributed by atoms with E-state index in [0.29, 0.717) is 24.3 Å². The van der Waals surface area contributed by atoms with E-state index in [4.69, 9.17) is 0 Å². The van der Waals surface area contributed by atoms with Crippen LogP contribution in [0.5, 0.6) is 17.2 Å². The maximum atomic E-state index is 11.3. The zero-order valence-electron chi connectivity index (χ0n) is 22.2. The van der Waals surface area contributed by atoms with Crippen LogP contribution in [-0.4, -0.2) is 15.3 Å². The summed E-state index contributed by atoms with van der Waals surface area (Å²) in [6.07, 6.45) is 0.879. The van der Waals surface area contributed by atoms with Crippen LogP contribution >= 0.6 is 0 Å². The van der Waals surface area contributed by atoms with Crippen molar-refractivity contribution in [2.45, 2.75) is 86.0 Å². The predicted molar refractivity (Wildman–Crippen MR) is 142 cm³/mol. The topological polar surface area (TPSA) is 60.7 Å². The molecule has 0 saturated heterocycles. The highest BCUT2D eigenvalue weighted by Crippen LogP contribution is 2.40. The summed E-state index contributed by atoms with van der Waals surface area (Å²) < 4.78 is 0. The Morgan fingerprint density at radius 2 is 0.912 bits per heavy atom. The molecule has 0 aliphatic carbocycles. The minimum atomic E-state index is -0.181. The van der Waals surface area contributed by atoms with Crippen LogP contribution in [0.1, 0.15) is 91.6 Å². The number of aromatic hydroxyl groups is 3. The van der Waals surface area contributed by atoms with E-state index in [2.05, 4.69) is 41.5 Å². The number of hydrogen-bond acceptors (Lipinski definition) is 3. The van der Waals surface area contributed by atoms with E-state index in [9.17, 15) is 15.3 Å². The van der Waals surface area contributed by atoms with Crippen molar-refractivity contribution < 1.29 is 15.3 Å². The molecule has 0 amide bonds. The Morgan fingerprint density at radius 1 is 0.559 bits per heavy atom. The van der Waals surface area contributed by atoms with Gasteiger partial charge in [0, 0.05) is 24.0 Å². The first kappa shape index (κ1) is 25.7. The van der Waals surface area contributed by atoms with Gasteiger partial charge in [0.05, 0.1) is 0 Å². The van der Waals surface area contributed by atoms with Gasteiger partial charge in [-0.3, -0.25) is 0 Å². The molecule has 0 heterocycles. The maximum absolute atomic E-state index is 11.3. The monoisotopic (exact) mass is 460 g/mol. The number of rotatable bonds is 4. The summed E-state index contributed by atoms with van der Waals surface area (Å²) in [5.41, 5.74) is 7.72. The summed E-state index contributed by atoms with van der Waals surface area (Å²) in [7, 11) is 0. The molecule has 0 aliphatic rings. The smallest absolute Gasteiger partial charge is 0.123 e. The van der Waals surface area contributed by atoms with Crippen LogP contribution in [0.15, 0.2) is 36.4 Å². The van der Waals surface area contributed by atoms with Crippen molar-refractivity contribution in [1.82, 2.24) is 0 Å². The molecule has 0 spiro atoms. The molecular weight excluding hydrogens is 420 g/mol. The van der Waals surface area contributed by atoms with Gasteiger partial charge in [-0.1, -0.05) is 83.5 Å². The Kier molecular flexibility index (Phi) is 6.81. The SMILES string of the molecule is Cc1cc(Cc2c(C)ccc(C(C)(C)C)c2O)c(O)c(Cc2c(C)ccc(C(C)(C)C)c2O)c1. The van der Waals surface area contributed by atoms with Gasteiger partial charge in [0.15, 0.2) is 0 Å². The molecule has 3 nitrogen and oxygen atoms in total. The van der Waals surface area contributed by atoms with E-state index in [1.807, 2.05) is 57.2 Å². The van der Waals surface area contributed by atoms with Crippen molar-refractivity contribution in [2.75, 3.05) is 0 Å². The molecule has 0 unspecified atom stereocenters. The molecule has 0 bridgehead atoms. The van der Waals surface area contributed by atoms with Crippen LogP contribution < -0.4 is 0 Å². The molecule has 0 radical (unpaired) electrons. The lowest BCUT2D eigenvalue weighted by molar-refractivity contribution is 0.438. The van der Waals surface area contributed by atoms with Crippen molar-refractivity contribution in [2.24, 2.45) is 0 Å².